The van der Waals surface area contributed by atoms with Gasteiger partial charge in [-0.3, -0.25) is 4.79 Å². The molecule has 0 aromatic heterocycles. The minimum atomic E-state index is -3.09. The van der Waals surface area contributed by atoms with Gasteiger partial charge in [0.05, 0.1) is 0 Å². The van der Waals surface area contributed by atoms with Crippen molar-refractivity contribution in [3.8, 4) is 0 Å². The number of aliphatic carboxylic acids is 2. The summed E-state index contributed by atoms with van der Waals surface area (Å²) in [5, 5.41) is 33.6. The van der Waals surface area contributed by atoms with Gasteiger partial charge in [0.2, 0.25) is 0 Å². The van der Waals surface area contributed by atoms with Gasteiger partial charge in [0, 0.05) is 6.42 Å². The standard InChI is InChI=1S/C5H9NO6/c6-2(3(7)8)1-5(11,12)4(9)10/h2,11-12H,1,6H2,(H,7,8)(H,9,10)/t2-/m0/s1. The van der Waals surface area contributed by atoms with E-state index >= 15 is 0 Å². The Morgan fingerprint density at radius 3 is 2.00 bits per heavy atom. The van der Waals surface area contributed by atoms with Crippen LogP contribution in [0.2, 0.25) is 0 Å². The Bertz CT molecular complexity index is 200. The maximum absolute atomic E-state index is 10.1. The first-order chi connectivity index (χ1) is 5.27. The molecular formula is C5H9NO6. The number of rotatable bonds is 4. The van der Waals surface area contributed by atoms with Gasteiger partial charge in [0.15, 0.2) is 0 Å². The number of carboxylic acids is 2. The second-order valence-electron chi connectivity index (χ2n) is 2.27. The number of hydrogen-bond donors (Lipinski definition) is 5. The van der Waals surface area contributed by atoms with Crippen LogP contribution < -0.4 is 5.73 Å². The van der Waals surface area contributed by atoms with E-state index in [4.69, 9.17) is 26.2 Å². The molecule has 0 heterocycles. The molecule has 0 saturated heterocycles. The molecule has 0 bridgehead atoms. The quantitative estimate of drug-likeness (QED) is 0.301. The molecule has 70 valence electrons. The van der Waals surface area contributed by atoms with Gasteiger partial charge in [-0.1, -0.05) is 0 Å². The molecule has 0 rings (SSSR count). The van der Waals surface area contributed by atoms with Crippen LogP contribution in [0.3, 0.4) is 0 Å². The van der Waals surface area contributed by atoms with Crippen molar-refractivity contribution in [1.29, 1.82) is 0 Å². The summed E-state index contributed by atoms with van der Waals surface area (Å²) in [7, 11) is 0. The largest absolute Gasteiger partial charge is 0.480 e. The lowest BCUT2D eigenvalue weighted by Gasteiger charge is -2.17. The van der Waals surface area contributed by atoms with Crippen molar-refractivity contribution in [2.24, 2.45) is 5.73 Å². The second-order valence-corrected chi connectivity index (χ2v) is 2.27. The first kappa shape index (κ1) is 10.8. The number of carboxylic acid groups (broad SMARTS) is 2. The van der Waals surface area contributed by atoms with Gasteiger partial charge in [-0.2, -0.15) is 0 Å². The molecule has 12 heavy (non-hydrogen) atoms. The Morgan fingerprint density at radius 1 is 1.33 bits per heavy atom. The molecule has 1 atom stereocenters. The summed E-state index contributed by atoms with van der Waals surface area (Å²) in [6.45, 7) is 0. The van der Waals surface area contributed by atoms with E-state index < -0.39 is 30.2 Å². The Balaban J connectivity index is 4.24. The van der Waals surface area contributed by atoms with Crippen LogP contribution >= 0.6 is 0 Å². The van der Waals surface area contributed by atoms with Crippen LogP contribution in [-0.2, 0) is 9.59 Å². The Kier molecular flexibility index (Phi) is 3.14. The van der Waals surface area contributed by atoms with E-state index in [0.717, 1.165) is 0 Å². The van der Waals surface area contributed by atoms with E-state index in [0.29, 0.717) is 0 Å². The zero-order valence-corrected chi connectivity index (χ0v) is 5.97. The highest BCUT2D eigenvalue weighted by Crippen LogP contribution is 2.08. The van der Waals surface area contributed by atoms with Crippen molar-refractivity contribution in [3.05, 3.63) is 0 Å². The number of nitrogens with two attached hydrogens (primary N) is 1. The molecule has 0 aliphatic rings. The van der Waals surface area contributed by atoms with Crippen LogP contribution in [0.1, 0.15) is 6.42 Å². The lowest BCUT2D eigenvalue weighted by atomic mass is 10.1. The predicted octanol–water partition coefficient (Wildman–Crippen LogP) is -2.45. The van der Waals surface area contributed by atoms with Gasteiger partial charge >= 0.3 is 11.9 Å². The smallest absolute Gasteiger partial charge is 0.364 e. The van der Waals surface area contributed by atoms with Crippen LogP contribution in [0.4, 0.5) is 0 Å². The Morgan fingerprint density at radius 2 is 1.75 bits per heavy atom. The molecule has 0 aliphatic carbocycles. The summed E-state index contributed by atoms with van der Waals surface area (Å²) in [6.07, 6.45) is -0.961. The van der Waals surface area contributed by atoms with Crippen LogP contribution in [0.5, 0.6) is 0 Å². The molecule has 0 amide bonds. The van der Waals surface area contributed by atoms with Crippen LogP contribution in [0.15, 0.2) is 0 Å². The monoisotopic (exact) mass is 179 g/mol. The second kappa shape index (κ2) is 3.48. The van der Waals surface area contributed by atoms with Crippen molar-refractivity contribution in [3.63, 3.8) is 0 Å². The summed E-state index contributed by atoms with van der Waals surface area (Å²) in [5.41, 5.74) is 4.86. The third-order valence-corrected chi connectivity index (χ3v) is 1.16. The molecule has 7 nitrogen and oxygen atoms in total. The number of aliphatic hydroxyl groups is 2. The predicted molar refractivity (Wildman–Crippen MR) is 35.0 cm³/mol. The molecule has 0 radical (unpaired) electrons. The minimum absolute atomic E-state index is 0.961. The Labute approximate surface area is 67.0 Å². The highest BCUT2D eigenvalue weighted by atomic mass is 16.5. The molecule has 6 N–H and O–H groups in total. The molecule has 0 saturated carbocycles. The van der Waals surface area contributed by atoms with E-state index in [1.807, 2.05) is 0 Å². The van der Waals surface area contributed by atoms with Crippen LogP contribution in [-0.4, -0.2) is 44.2 Å². The highest BCUT2D eigenvalue weighted by molar-refractivity contribution is 5.78. The average molecular weight is 179 g/mol. The molecule has 0 spiro atoms. The Hall–Kier alpha value is -1.18. The molecule has 0 fully saturated rings. The van der Waals surface area contributed by atoms with E-state index in [2.05, 4.69) is 0 Å². The third kappa shape index (κ3) is 2.82. The SMILES string of the molecule is N[C@@H](CC(O)(O)C(=O)O)C(=O)O. The number of carbonyl (C=O) groups is 2. The van der Waals surface area contributed by atoms with E-state index in [1.165, 1.54) is 0 Å². The molecule has 0 aromatic rings. The molecular weight excluding hydrogens is 170 g/mol. The summed E-state index contributed by atoms with van der Waals surface area (Å²) in [6, 6.07) is -1.61. The van der Waals surface area contributed by atoms with Gasteiger partial charge in [0.25, 0.3) is 5.79 Å². The van der Waals surface area contributed by atoms with Gasteiger partial charge in [-0.05, 0) is 0 Å². The van der Waals surface area contributed by atoms with E-state index in [9.17, 15) is 9.59 Å². The normalized spacial score (nSPS) is 13.9. The third-order valence-electron chi connectivity index (χ3n) is 1.16. The molecule has 0 aromatic carbocycles. The van der Waals surface area contributed by atoms with Crippen molar-refractivity contribution in [2.75, 3.05) is 0 Å². The summed E-state index contributed by atoms with van der Waals surface area (Å²) < 4.78 is 0. The average Bonchev–Trinajstić information content (AvgIpc) is 1.85. The molecule has 7 heteroatoms. The van der Waals surface area contributed by atoms with Crippen LogP contribution in [0, 0.1) is 0 Å². The van der Waals surface area contributed by atoms with Gasteiger partial charge in [-0.15, -0.1) is 0 Å². The first-order valence-corrected chi connectivity index (χ1v) is 2.94. The summed E-state index contributed by atoms with van der Waals surface area (Å²) in [5.74, 6) is -6.51. The van der Waals surface area contributed by atoms with Gasteiger partial charge < -0.3 is 26.2 Å². The van der Waals surface area contributed by atoms with Crippen LogP contribution in [0.25, 0.3) is 0 Å². The van der Waals surface area contributed by atoms with Gasteiger partial charge in [0.1, 0.15) is 6.04 Å². The lowest BCUT2D eigenvalue weighted by molar-refractivity contribution is -0.207. The first-order valence-electron chi connectivity index (χ1n) is 2.94. The zero-order chi connectivity index (χ0) is 9.94. The maximum Gasteiger partial charge on any atom is 0.364 e. The van der Waals surface area contributed by atoms with Crippen molar-refractivity contribution >= 4 is 11.9 Å². The fraction of sp³-hybridized carbons (Fsp3) is 0.600. The minimum Gasteiger partial charge on any atom is -0.480 e. The van der Waals surface area contributed by atoms with E-state index in [-0.39, 0.29) is 0 Å². The topological polar surface area (TPSA) is 141 Å². The van der Waals surface area contributed by atoms with Gasteiger partial charge in [-0.25, -0.2) is 4.79 Å². The van der Waals surface area contributed by atoms with E-state index in [1.54, 1.807) is 0 Å². The zero-order valence-electron chi connectivity index (χ0n) is 5.97. The summed E-state index contributed by atoms with van der Waals surface area (Å²) >= 11 is 0. The van der Waals surface area contributed by atoms with Crippen molar-refractivity contribution < 1.29 is 30.0 Å². The summed E-state index contributed by atoms with van der Waals surface area (Å²) in [4.78, 5) is 20.1. The molecule has 0 aliphatic heterocycles. The fourth-order valence-corrected chi connectivity index (χ4v) is 0.481. The highest BCUT2D eigenvalue weighted by Gasteiger charge is 2.37. The van der Waals surface area contributed by atoms with Crippen molar-refractivity contribution in [2.45, 2.75) is 18.2 Å². The lowest BCUT2D eigenvalue weighted by Crippen LogP contribution is -2.46. The maximum atomic E-state index is 10.1. The fourth-order valence-electron chi connectivity index (χ4n) is 0.481. The van der Waals surface area contributed by atoms with Crippen molar-refractivity contribution in [1.82, 2.24) is 0 Å². The molecule has 0 unspecified atom stereocenters. The number of hydrogen-bond acceptors (Lipinski definition) is 5.